The normalized spacial score (nSPS) is 9.96. The van der Waals surface area contributed by atoms with E-state index in [4.69, 9.17) is 14.7 Å². The number of methoxy groups -OCH3 is 1. The Morgan fingerprint density at radius 1 is 1.33 bits per heavy atom. The smallest absolute Gasteiger partial charge is 0.259 e. The van der Waals surface area contributed by atoms with Crippen molar-refractivity contribution in [1.82, 2.24) is 0 Å². The number of nitriles is 1. The van der Waals surface area contributed by atoms with Gasteiger partial charge in [0.15, 0.2) is 11.5 Å². The number of amides is 1. The SMILES string of the molecule is CCOc1c(OC)cc(C#N)cc1C(=O)Nc1ccc(Br)cc1C. The average Bonchev–Trinajstić information content (AvgIpc) is 2.57. The van der Waals surface area contributed by atoms with E-state index >= 15 is 0 Å². The van der Waals surface area contributed by atoms with Gasteiger partial charge >= 0.3 is 0 Å². The summed E-state index contributed by atoms with van der Waals surface area (Å²) >= 11 is 3.39. The van der Waals surface area contributed by atoms with Crippen LogP contribution in [0.2, 0.25) is 0 Å². The van der Waals surface area contributed by atoms with Gasteiger partial charge in [0, 0.05) is 16.2 Å². The first-order valence-corrected chi connectivity index (χ1v) is 8.11. The van der Waals surface area contributed by atoms with Crippen molar-refractivity contribution >= 4 is 27.5 Å². The van der Waals surface area contributed by atoms with Gasteiger partial charge in [0.2, 0.25) is 0 Å². The molecule has 0 bridgehead atoms. The Morgan fingerprint density at radius 2 is 2.08 bits per heavy atom. The van der Waals surface area contributed by atoms with Crippen molar-refractivity contribution in [1.29, 1.82) is 5.26 Å². The quantitative estimate of drug-likeness (QED) is 0.828. The first-order valence-electron chi connectivity index (χ1n) is 7.32. The molecule has 0 radical (unpaired) electrons. The molecular formula is C18H17BrN2O3. The van der Waals surface area contributed by atoms with Crippen molar-refractivity contribution in [3.63, 3.8) is 0 Å². The molecule has 0 spiro atoms. The van der Waals surface area contributed by atoms with Crippen molar-refractivity contribution in [3.05, 3.63) is 51.5 Å². The fraction of sp³-hybridized carbons (Fsp3) is 0.222. The average molecular weight is 389 g/mol. The summed E-state index contributed by atoms with van der Waals surface area (Å²) in [5.41, 5.74) is 2.19. The number of nitrogens with one attached hydrogen (secondary N) is 1. The van der Waals surface area contributed by atoms with Crippen LogP contribution in [-0.2, 0) is 0 Å². The molecule has 2 aromatic rings. The lowest BCUT2D eigenvalue weighted by Gasteiger charge is -2.15. The molecule has 0 saturated heterocycles. The minimum Gasteiger partial charge on any atom is -0.493 e. The zero-order valence-corrected chi connectivity index (χ0v) is 15.2. The molecule has 2 rings (SSSR count). The van der Waals surface area contributed by atoms with Gasteiger partial charge < -0.3 is 14.8 Å². The number of benzene rings is 2. The van der Waals surface area contributed by atoms with Gasteiger partial charge in [-0.25, -0.2) is 0 Å². The Kier molecular flexibility index (Phi) is 5.83. The van der Waals surface area contributed by atoms with Crippen LogP contribution in [0.5, 0.6) is 11.5 Å². The van der Waals surface area contributed by atoms with Gasteiger partial charge in [-0.3, -0.25) is 4.79 Å². The Hall–Kier alpha value is -2.52. The molecule has 0 saturated carbocycles. The van der Waals surface area contributed by atoms with Crippen molar-refractivity contribution in [2.75, 3.05) is 19.0 Å². The van der Waals surface area contributed by atoms with E-state index in [1.807, 2.05) is 38.1 Å². The Balaban J connectivity index is 2.45. The highest BCUT2D eigenvalue weighted by Gasteiger charge is 2.20. The van der Waals surface area contributed by atoms with E-state index in [1.54, 1.807) is 6.07 Å². The number of halogens is 1. The number of carbonyl (C=O) groups excluding carboxylic acids is 1. The van der Waals surface area contributed by atoms with Crippen LogP contribution >= 0.6 is 15.9 Å². The molecule has 6 heteroatoms. The molecule has 124 valence electrons. The third-order valence-corrected chi connectivity index (χ3v) is 3.87. The van der Waals surface area contributed by atoms with Crippen molar-refractivity contribution in [2.24, 2.45) is 0 Å². The number of hydrogen-bond acceptors (Lipinski definition) is 4. The topological polar surface area (TPSA) is 71.3 Å². The monoisotopic (exact) mass is 388 g/mol. The molecule has 1 amide bonds. The minimum absolute atomic E-state index is 0.259. The van der Waals surface area contributed by atoms with Crippen LogP contribution in [-0.4, -0.2) is 19.6 Å². The lowest BCUT2D eigenvalue weighted by molar-refractivity contribution is 0.102. The summed E-state index contributed by atoms with van der Waals surface area (Å²) in [7, 11) is 1.47. The lowest BCUT2D eigenvalue weighted by Crippen LogP contribution is -2.15. The van der Waals surface area contributed by atoms with Crippen LogP contribution < -0.4 is 14.8 Å². The largest absolute Gasteiger partial charge is 0.493 e. The molecule has 1 N–H and O–H groups in total. The Labute approximate surface area is 149 Å². The molecule has 2 aromatic carbocycles. The standard InChI is InChI=1S/C18H17BrN2O3/c1-4-24-17-14(8-12(10-20)9-16(17)23-3)18(22)21-15-6-5-13(19)7-11(15)2/h5-9H,4H2,1-3H3,(H,21,22). The van der Waals surface area contributed by atoms with E-state index in [0.717, 1.165) is 10.0 Å². The van der Waals surface area contributed by atoms with Gasteiger partial charge in [-0.05, 0) is 43.7 Å². The van der Waals surface area contributed by atoms with Crippen molar-refractivity contribution in [2.45, 2.75) is 13.8 Å². The van der Waals surface area contributed by atoms with Gasteiger partial charge in [0.1, 0.15) is 0 Å². The molecule has 0 fully saturated rings. The number of anilines is 1. The summed E-state index contributed by atoms with van der Waals surface area (Å²) < 4.78 is 11.8. The Morgan fingerprint density at radius 3 is 2.67 bits per heavy atom. The zero-order valence-electron chi connectivity index (χ0n) is 13.6. The molecule has 24 heavy (non-hydrogen) atoms. The van der Waals surface area contributed by atoms with E-state index < -0.39 is 0 Å². The fourth-order valence-electron chi connectivity index (χ4n) is 2.24. The molecule has 0 atom stereocenters. The van der Waals surface area contributed by atoms with Crippen molar-refractivity contribution in [3.8, 4) is 17.6 Å². The van der Waals surface area contributed by atoms with Crippen LogP contribution in [0.15, 0.2) is 34.8 Å². The number of carbonyl (C=O) groups is 1. The second-order valence-corrected chi connectivity index (χ2v) is 5.93. The van der Waals surface area contributed by atoms with E-state index in [2.05, 4.69) is 21.2 Å². The summed E-state index contributed by atoms with van der Waals surface area (Å²) in [6, 6.07) is 10.6. The predicted molar refractivity (Wildman–Crippen MR) is 95.7 cm³/mol. The summed E-state index contributed by atoms with van der Waals surface area (Å²) in [4.78, 5) is 12.7. The lowest BCUT2D eigenvalue weighted by atomic mass is 10.1. The highest BCUT2D eigenvalue weighted by atomic mass is 79.9. The van der Waals surface area contributed by atoms with Crippen molar-refractivity contribution < 1.29 is 14.3 Å². The maximum atomic E-state index is 12.7. The van der Waals surface area contributed by atoms with Crippen LogP contribution in [0.3, 0.4) is 0 Å². The molecule has 0 aliphatic heterocycles. The number of ether oxygens (including phenoxy) is 2. The third-order valence-electron chi connectivity index (χ3n) is 3.37. The molecule has 0 heterocycles. The van der Waals surface area contributed by atoms with Crippen LogP contribution in [0.25, 0.3) is 0 Å². The second-order valence-electron chi connectivity index (χ2n) is 5.01. The van der Waals surface area contributed by atoms with Crippen LogP contribution in [0, 0.1) is 18.3 Å². The van der Waals surface area contributed by atoms with Gasteiger partial charge in [0.25, 0.3) is 5.91 Å². The van der Waals surface area contributed by atoms with E-state index in [9.17, 15) is 4.79 Å². The second kappa shape index (κ2) is 7.84. The van der Waals surface area contributed by atoms with Gasteiger partial charge in [-0.1, -0.05) is 15.9 Å². The van der Waals surface area contributed by atoms with Gasteiger partial charge in [0.05, 0.1) is 30.9 Å². The zero-order chi connectivity index (χ0) is 17.7. The maximum absolute atomic E-state index is 12.7. The van der Waals surface area contributed by atoms with Gasteiger partial charge in [-0.2, -0.15) is 5.26 Å². The van der Waals surface area contributed by atoms with E-state index in [1.165, 1.54) is 13.2 Å². The maximum Gasteiger partial charge on any atom is 0.259 e. The highest BCUT2D eigenvalue weighted by molar-refractivity contribution is 9.10. The van der Waals surface area contributed by atoms with Crippen LogP contribution in [0.1, 0.15) is 28.4 Å². The number of rotatable bonds is 5. The fourth-order valence-corrected chi connectivity index (χ4v) is 2.71. The number of hydrogen-bond donors (Lipinski definition) is 1. The first-order chi connectivity index (χ1) is 11.5. The predicted octanol–water partition coefficient (Wildman–Crippen LogP) is 4.29. The summed E-state index contributed by atoms with van der Waals surface area (Å²) in [5.74, 6) is 0.319. The number of nitrogens with zero attached hydrogens (tertiary/aromatic N) is 1. The third kappa shape index (κ3) is 3.87. The Bertz CT molecular complexity index is 813. The van der Waals surface area contributed by atoms with Crippen LogP contribution in [0.4, 0.5) is 5.69 Å². The van der Waals surface area contributed by atoms with E-state index in [-0.39, 0.29) is 11.5 Å². The van der Waals surface area contributed by atoms with E-state index in [0.29, 0.717) is 29.4 Å². The summed E-state index contributed by atoms with van der Waals surface area (Å²) in [6.45, 7) is 4.09. The minimum atomic E-state index is -0.362. The summed E-state index contributed by atoms with van der Waals surface area (Å²) in [5, 5.41) is 12.0. The number of aryl methyl sites for hydroxylation is 1. The first kappa shape index (κ1) is 17.8. The molecule has 0 unspecified atom stereocenters. The molecule has 0 aromatic heterocycles. The molecule has 5 nitrogen and oxygen atoms in total. The molecular weight excluding hydrogens is 372 g/mol. The molecule has 0 aliphatic carbocycles. The highest BCUT2D eigenvalue weighted by Crippen LogP contribution is 2.33. The molecule has 0 aliphatic rings. The summed E-state index contributed by atoms with van der Waals surface area (Å²) in [6.07, 6.45) is 0. The van der Waals surface area contributed by atoms with Gasteiger partial charge in [-0.15, -0.1) is 0 Å².